The number of rotatable bonds is 9. The maximum absolute atomic E-state index is 14.5. The number of para-hydroxylation sites is 1. The molecule has 5 aromatic rings. The third-order valence-corrected chi connectivity index (χ3v) is 9.48. The van der Waals surface area contributed by atoms with E-state index in [-0.39, 0.29) is 11.5 Å². The number of allylic oxidation sites excluding steroid dienone is 1. The van der Waals surface area contributed by atoms with Crippen LogP contribution in [0.4, 0.5) is 0 Å². The fourth-order valence-corrected chi connectivity index (χ4v) is 7.04. The summed E-state index contributed by atoms with van der Waals surface area (Å²) in [5.74, 6) is 1.09. The molecular weight excluding hydrogens is 618 g/mol. The van der Waals surface area contributed by atoms with Gasteiger partial charge in [-0.25, -0.2) is 4.99 Å². The van der Waals surface area contributed by atoms with Gasteiger partial charge in [0.2, 0.25) is 0 Å². The summed E-state index contributed by atoms with van der Waals surface area (Å²) in [5.41, 5.74) is 3.29. The third-order valence-electron chi connectivity index (χ3n) is 8.25. The van der Waals surface area contributed by atoms with Crippen molar-refractivity contribution in [3.8, 4) is 11.5 Å². The average Bonchev–Trinajstić information content (AvgIpc) is 3.38. The molecule has 46 heavy (non-hydrogen) atoms. The zero-order valence-corrected chi connectivity index (χ0v) is 27.7. The second-order valence-electron chi connectivity index (χ2n) is 10.9. The maximum atomic E-state index is 14.5. The second kappa shape index (κ2) is 13.4. The van der Waals surface area contributed by atoms with Crippen LogP contribution in [-0.2, 0) is 11.4 Å². The number of nitrogens with zero attached hydrogens (tertiary/aromatic N) is 3. The predicted octanol–water partition coefficient (Wildman–Crippen LogP) is 6.50. The number of benzene rings is 4. The topological polar surface area (TPSA) is 73.1 Å². The van der Waals surface area contributed by atoms with Crippen molar-refractivity contribution in [3.63, 3.8) is 0 Å². The highest BCUT2D eigenvalue weighted by molar-refractivity contribution is 7.07. The van der Waals surface area contributed by atoms with E-state index in [1.54, 1.807) is 16.6 Å². The van der Waals surface area contributed by atoms with Gasteiger partial charge < -0.3 is 14.4 Å². The van der Waals surface area contributed by atoms with E-state index in [9.17, 15) is 9.59 Å². The molecule has 0 saturated carbocycles. The molecule has 1 aliphatic heterocycles. The number of likely N-dealkylation sites (N-methyl/N-ethyl adjacent to an activating group) is 1. The van der Waals surface area contributed by atoms with Gasteiger partial charge in [-0.1, -0.05) is 83.6 Å². The number of amides is 1. The SMILES string of the molecule is CCN(CC)C(=O)C1=C(C)N=c2s/c(=C/c3c(OCc4ccc(Cl)cc4)ccc4ccccc34)c(=O)n2[C@H]1c1ccccc1OC. The van der Waals surface area contributed by atoms with Gasteiger partial charge in [-0.2, -0.15) is 0 Å². The number of methoxy groups -OCH3 is 1. The smallest absolute Gasteiger partial charge is 0.271 e. The van der Waals surface area contributed by atoms with Gasteiger partial charge in [0.15, 0.2) is 4.80 Å². The highest BCUT2D eigenvalue weighted by Crippen LogP contribution is 2.36. The van der Waals surface area contributed by atoms with Crippen LogP contribution in [0.3, 0.4) is 0 Å². The van der Waals surface area contributed by atoms with Crippen LogP contribution < -0.4 is 24.4 Å². The van der Waals surface area contributed by atoms with Gasteiger partial charge in [0.1, 0.15) is 24.1 Å². The summed E-state index contributed by atoms with van der Waals surface area (Å²) in [4.78, 5) is 35.6. The number of thiazole rings is 1. The maximum Gasteiger partial charge on any atom is 0.271 e. The summed E-state index contributed by atoms with van der Waals surface area (Å²) in [6.07, 6.45) is 1.88. The van der Waals surface area contributed by atoms with Crippen LogP contribution in [0.5, 0.6) is 11.5 Å². The highest BCUT2D eigenvalue weighted by atomic mass is 35.5. The molecule has 0 saturated heterocycles. The molecular formula is C37H34ClN3O4S. The van der Waals surface area contributed by atoms with Crippen LogP contribution in [-0.4, -0.2) is 35.6 Å². The van der Waals surface area contributed by atoms with E-state index in [0.717, 1.165) is 27.5 Å². The minimum atomic E-state index is -0.712. The Kier molecular flexibility index (Phi) is 9.10. The normalized spacial score (nSPS) is 14.6. The number of hydrogen-bond donors (Lipinski definition) is 0. The van der Waals surface area contributed by atoms with Crippen molar-refractivity contribution in [3.05, 3.63) is 138 Å². The average molecular weight is 652 g/mol. The van der Waals surface area contributed by atoms with E-state index in [2.05, 4.69) is 0 Å². The van der Waals surface area contributed by atoms with Gasteiger partial charge >= 0.3 is 0 Å². The minimum absolute atomic E-state index is 0.150. The van der Waals surface area contributed by atoms with Crippen molar-refractivity contribution in [2.24, 2.45) is 4.99 Å². The van der Waals surface area contributed by atoms with Crippen molar-refractivity contribution in [2.45, 2.75) is 33.4 Å². The molecule has 1 amide bonds. The van der Waals surface area contributed by atoms with Crippen LogP contribution in [0, 0.1) is 0 Å². The van der Waals surface area contributed by atoms with Crippen LogP contribution in [0.2, 0.25) is 5.02 Å². The summed E-state index contributed by atoms with van der Waals surface area (Å²) in [6, 6.07) is 26.3. The Morgan fingerprint density at radius 3 is 2.43 bits per heavy atom. The molecule has 4 aromatic carbocycles. The van der Waals surface area contributed by atoms with Crippen LogP contribution >= 0.6 is 22.9 Å². The Labute approximate surface area is 276 Å². The molecule has 0 bridgehead atoms. The second-order valence-corrected chi connectivity index (χ2v) is 12.4. The first-order valence-electron chi connectivity index (χ1n) is 15.2. The van der Waals surface area contributed by atoms with Gasteiger partial charge in [-0.05, 0) is 67.4 Å². The Morgan fingerprint density at radius 2 is 1.70 bits per heavy atom. The third kappa shape index (κ3) is 5.86. The molecule has 1 aromatic heterocycles. The van der Waals surface area contributed by atoms with Crippen molar-refractivity contribution < 1.29 is 14.3 Å². The van der Waals surface area contributed by atoms with Gasteiger partial charge in [-0.15, -0.1) is 0 Å². The standard InChI is InChI=1S/C37H34ClN3O4S/c1-5-40(6-2)36(43)33-23(3)39-37-41(34(33)28-13-9-10-14-30(28)44-4)35(42)32(46-37)21-29-27-12-8-7-11-25(27)17-20-31(29)45-22-24-15-18-26(38)19-16-24/h7-21,34H,5-6,22H2,1-4H3/b32-21+/t34-/m0/s1. The first kappa shape index (κ1) is 31.3. The lowest BCUT2D eigenvalue weighted by molar-refractivity contribution is -0.127. The fraction of sp³-hybridized carbons (Fsp3) is 0.216. The van der Waals surface area contributed by atoms with E-state index in [0.29, 0.717) is 56.8 Å². The number of fused-ring (bicyclic) bond motifs is 2. The summed E-state index contributed by atoms with van der Waals surface area (Å²) in [6.45, 7) is 7.14. The van der Waals surface area contributed by atoms with Crippen LogP contribution in [0.25, 0.3) is 16.8 Å². The van der Waals surface area contributed by atoms with Crippen molar-refractivity contribution in [2.75, 3.05) is 20.2 Å². The molecule has 0 aliphatic carbocycles. The van der Waals surface area contributed by atoms with E-state index in [1.807, 2.05) is 112 Å². The molecule has 234 valence electrons. The molecule has 1 atom stereocenters. The lowest BCUT2D eigenvalue weighted by Crippen LogP contribution is -2.43. The molecule has 6 rings (SSSR count). The van der Waals surface area contributed by atoms with Gasteiger partial charge in [0, 0.05) is 29.2 Å². The highest BCUT2D eigenvalue weighted by Gasteiger charge is 2.35. The summed E-state index contributed by atoms with van der Waals surface area (Å²) < 4.78 is 14.2. The molecule has 9 heteroatoms. The fourth-order valence-electron chi connectivity index (χ4n) is 5.89. The lowest BCUT2D eigenvalue weighted by atomic mass is 9.94. The monoisotopic (exact) mass is 651 g/mol. The summed E-state index contributed by atoms with van der Waals surface area (Å²) in [5, 5.41) is 2.64. The van der Waals surface area contributed by atoms with Gasteiger partial charge in [-0.3, -0.25) is 14.2 Å². The zero-order valence-electron chi connectivity index (χ0n) is 26.1. The largest absolute Gasteiger partial charge is 0.496 e. The Morgan fingerprint density at radius 1 is 0.978 bits per heavy atom. The number of halogens is 1. The quantitative estimate of drug-likeness (QED) is 0.183. The Balaban J connectivity index is 1.55. The molecule has 0 unspecified atom stereocenters. The van der Waals surface area contributed by atoms with Crippen LogP contribution in [0.1, 0.15) is 43.5 Å². The number of hydrogen-bond acceptors (Lipinski definition) is 6. The minimum Gasteiger partial charge on any atom is -0.496 e. The van der Waals surface area contributed by atoms with Gasteiger partial charge in [0.05, 0.1) is 22.9 Å². The van der Waals surface area contributed by atoms with E-state index in [1.165, 1.54) is 11.3 Å². The number of aromatic nitrogens is 1. The molecule has 7 nitrogen and oxygen atoms in total. The van der Waals surface area contributed by atoms with E-state index < -0.39 is 6.04 Å². The zero-order chi connectivity index (χ0) is 32.4. The Bertz CT molecular complexity index is 2150. The summed E-state index contributed by atoms with van der Waals surface area (Å²) in [7, 11) is 1.59. The van der Waals surface area contributed by atoms with Gasteiger partial charge in [0.25, 0.3) is 11.5 Å². The molecule has 2 heterocycles. The van der Waals surface area contributed by atoms with E-state index >= 15 is 0 Å². The molecule has 0 fully saturated rings. The van der Waals surface area contributed by atoms with Crippen molar-refractivity contribution in [1.82, 2.24) is 9.47 Å². The summed E-state index contributed by atoms with van der Waals surface area (Å²) >= 11 is 7.38. The van der Waals surface area contributed by atoms with Crippen molar-refractivity contribution >= 4 is 45.7 Å². The van der Waals surface area contributed by atoms with E-state index in [4.69, 9.17) is 26.1 Å². The van der Waals surface area contributed by atoms with Crippen LogP contribution in [0.15, 0.2) is 106 Å². The predicted molar refractivity (Wildman–Crippen MR) is 184 cm³/mol. The van der Waals surface area contributed by atoms with Crippen molar-refractivity contribution in [1.29, 1.82) is 0 Å². The molecule has 0 radical (unpaired) electrons. The number of ether oxygens (including phenoxy) is 2. The number of carbonyl (C=O) groups is 1. The molecule has 0 spiro atoms. The number of carbonyl (C=O) groups excluding carboxylic acids is 1. The first-order chi connectivity index (χ1) is 22.3. The Hall–Kier alpha value is -4.66. The first-order valence-corrected chi connectivity index (χ1v) is 16.4. The lowest BCUT2D eigenvalue weighted by Gasteiger charge is -2.29. The molecule has 0 N–H and O–H groups in total. The molecule has 1 aliphatic rings.